The molecule has 1 heterocycles. The number of terminal acetylenes is 1. The molecule has 0 unspecified atom stereocenters. The van der Waals surface area contributed by atoms with E-state index in [2.05, 4.69) is 17.8 Å². The van der Waals surface area contributed by atoms with Crippen molar-refractivity contribution in [1.82, 2.24) is 4.57 Å². The van der Waals surface area contributed by atoms with Crippen LogP contribution in [-0.4, -0.2) is 24.2 Å². The Balaban J connectivity index is 1.94. The van der Waals surface area contributed by atoms with Gasteiger partial charge in [0.05, 0.1) is 25.0 Å². The Morgan fingerprint density at radius 1 is 1.24 bits per heavy atom. The molecule has 0 fully saturated rings. The first-order valence-electron chi connectivity index (χ1n) is 9.59. The van der Waals surface area contributed by atoms with Gasteiger partial charge in [0.1, 0.15) is 17.0 Å². The van der Waals surface area contributed by atoms with E-state index >= 15 is 0 Å². The van der Waals surface area contributed by atoms with Crippen molar-refractivity contribution in [2.75, 3.05) is 13.7 Å². The molecule has 0 aliphatic heterocycles. The topological polar surface area (TPSA) is 52.8 Å². The van der Waals surface area contributed by atoms with Gasteiger partial charge in [-0.3, -0.25) is 4.79 Å². The first-order valence-corrected chi connectivity index (χ1v) is 10.4. The number of para-hydroxylation sites is 1. The standard InChI is InChI=1S/C23H24N2O3S/c1-4-6-7-15-28-18-11-8-10-17(16-18)22(26)24-23-25(14-5-2)21-19(27-3)12-9-13-20(21)29-23/h2,8-13,16H,4,6-7,14-15H2,1,3H3. The highest BCUT2D eigenvalue weighted by Crippen LogP contribution is 2.27. The summed E-state index contributed by atoms with van der Waals surface area (Å²) in [6.07, 6.45) is 8.81. The average Bonchev–Trinajstić information content (AvgIpc) is 3.09. The third-order valence-corrected chi connectivity index (χ3v) is 5.47. The van der Waals surface area contributed by atoms with Gasteiger partial charge in [0.25, 0.3) is 5.91 Å². The fourth-order valence-electron chi connectivity index (χ4n) is 3.00. The smallest absolute Gasteiger partial charge is 0.279 e. The van der Waals surface area contributed by atoms with Crippen molar-refractivity contribution in [2.24, 2.45) is 4.99 Å². The highest BCUT2D eigenvalue weighted by Gasteiger charge is 2.13. The molecule has 0 aliphatic carbocycles. The van der Waals surface area contributed by atoms with Crippen LogP contribution in [0.25, 0.3) is 10.2 Å². The highest BCUT2D eigenvalue weighted by molar-refractivity contribution is 7.16. The van der Waals surface area contributed by atoms with Crippen LogP contribution in [0.3, 0.4) is 0 Å². The Labute approximate surface area is 174 Å². The first-order chi connectivity index (χ1) is 14.2. The predicted octanol–water partition coefficient (Wildman–Crippen LogP) is 4.65. The summed E-state index contributed by atoms with van der Waals surface area (Å²) in [7, 11) is 1.61. The van der Waals surface area contributed by atoms with Crippen LogP contribution in [-0.2, 0) is 6.54 Å². The lowest BCUT2D eigenvalue weighted by Crippen LogP contribution is -2.16. The van der Waals surface area contributed by atoms with Crippen molar-refractivity contribution in [3.05, 3.63) is 52.8 Å². The van der Waals surface area contributed by atoms with E-state index in [9.17, 15) is 4.79 Å². The fraction of sp³-hybridized carbons (Fsp3) is 0.304. The number of carbonyl (C=O) groups is 1. The molecule has 6 heteroatoms. The number of thiazole rings is 1. The number of amides is 1. The molecule has 2 aromatic carbocycles. The molecule has 0 N–H and O–H groups in total. The van der Waals surface area contributed by atoms with E-state index in [1.165, 1.54) is 11.3 Å². The maximum Gasteiger partial charge on any atom is 0.279 e. The second-order valence-electron chi connectivity index (χ2n) is 6.48. The quantitative estimate of drug-likeness (QED) is 0.403. The number of ether oxygens (including phenoxy) is 2. The van der Waals surface area contributed by atoms with Crippen molar-refractivity contribution in [2.45, 2.75) is 32.7 Å². The van der Waals surface area contributed by atoms with E-state index in [-0.39, 0.29) is 5.91 Å². The van der Waals surface area contributed by atoms with E-state index in [1.54, 1.807) is 25.3 Å². The van der Waals surface area contributed by atoms with Gasteiger partial charge in [-0.15, -0.1) is 6.42 Å². The molecule has 150 valence electrons. The van der Waals surface area contributed by atoms with Crippen molar-refractivity contribution in [1.29, 1.82) is 0 Å². The Morgan fingerprint density at radius 2 is 2.07 bits per heavy atom. The number of unbranched alkanes of at least 4 members (excludes halogenated alkanes) is 2. The number of hydrogen-bond donors (Lipinski definition) is 0. The van der Waals surface area contributed by atoms with Gasteiger partial charge in [0.2, 0.25) is 0 Å². The van der Waals surface area contributed by atoms with E-state index < -0.39 is 0 Å². The van der Waals surface area contributed by atoms with Crippen molar-refractivity contribution in [3.63, 3.8) is 0 Å². The van der Waals surface area contributed by atoms with Gasteiger partial charge in [0.15, 0.2) is 4.80 Å². The molecule has 3 rings (SSSR count). The van der Waals surface area contributed by atoms with Crippen LogP contribution in [0.15, 0.2) is 47.5 Å². The van der Waals surface area contributed by atoms with Gasteiger partial charge >= 0.3 is 0 Å². The van der Waals surface area contributed by atoms with Crippen LogP contribution in [0.5, 0.6) is 11.5 Å². The Bertz CT molecular complexity index is 1110. The third-order valence-electron chi connectivity index (χ3n) is 4.43. The molecular weight excluding hydrogens is 384 g/mol. The summed E-state index contributed by atoms with van der Waals surface area (Å²) in [6.45, 7) is 3.09. The third kappa shape index (κ3) is 4.87. The van der Waals surface area contributed by atoms with Crippen LogP contribution in [0.1, 0.15) is 36.5 Å². The van der Waals surface area contributed by atoms with Crippen LogP contribution >= 0.6 is 11.3 Å². The monoisotopic (exact) mass is 408 g/mol. The van der Waals surface area contributed by atoms with Crippen molar-refractivity contribution in [3.8, 4) is 23.8 Å². The number of aromatic nitrogens is 1. The summed E-state index contributed by atoms with van der Waals surface area (Å²) in [4.78, 5) is 17.7. The van der Waals surface area contributed by atoms with Crippen LogP contribution in [0, 0.1) is 12.3 Å². The minimum atomic E-state index is -0.333. The highest BCUT2D eigenvalue weighted by atomic mass is 32.1. The molecule has 0 bridgehead atoms. The number of rotatable bonds is 8. The first kappa shape index (κ1) is 20.7. The molecule has 0 radical (unpaired) electrons. The second kappa shape index (κ2) is 9.94. The van der Waals surface area contributed by atoms with Gasteiger partial charge in [-0.05, 0) is 36.8 Å². The molecule has 0 atom stereocenters. The SMILES string of the molecule is C#CCn1c(=NC(=O)c2cccc(OCCCCC)c2)sc2cccc(OC)c21. The molecule has 1 amide bonds. The van der Waals surface area contributed by atoms with E-state index in [4.69, 9.17) is 15.9 Å². The zero-order chi connectivity index (χ0) is 20.6. The molecular formula is C23H24N2O3S. The lowest BCUT2D eigenvalue weighted by atomic mass is 10.2. The minimum absolute atomic E-state index is 0.299. The lowest BCUT2D eigenvalue weighted by Gasteiger charge is -2.06. The van der Waals surface area contributed by atoms with Crippen LogP contribution < -0.4 is 14.3 Å². The largest absolute Gasteiger partial charge is 0.495 e. The fourth-order valence-corrected chi connectivity index (χ4v) is 4.04. The molecule has 0 saturated heterocycles. The summed E-state index contributed by atoms with van der Waals surface area (Å²) in [6, 6.07) is 12.9. The summed E-state index contributed by atoms with van der Waals surface area (Å²) in [5.41, 5.74) is 1.33. The molecule has 0 spiro atoms. The van der Waals surface area contributed by atoms with E-state index in [0.717, 1.165) is 29.5 Å². The number of carbonyl (C=O) groups excluding carboxylic acids is 1. The number of methoxy groups -OCH3 is 1. The van der Waals surface area contributed by atoms with Gasteiger partial charge in [0, 0.05) is 5.56 Å². The summed E-state index contributed by atoms with van der Waals surface area (Å²) < 4.78 is 14.0. The Hall–Kier alpha value is -3.04. The molecule has 5 nitrogen and oxygen atoms in total. The molecule has 3 aromatic rings. The minimum Gasteiger partial charge on any atom is -0.495 e. The van der Waals surface area contributed by atoms with Gasteiger partial charge < -0.3 is 14.0 Å². The Kier molecular flexibility index (Phi) is 7.09. The van der Waals surface area contributed by atoms with Crippen molar-refractivity contribution >= 4 is 27.5 Å². The van der Waals surface area contributed by atoms with Crippen LogP contribution in [0.2, 0.25) is 0 Å². The maximum atomic E-state index is 12.8. The molecule has 1 aromatic heterocycles. The summed E-state index contributed by atoms with van der Waals surface area (Å²) >= 11 is 1.41. The van der Waals surface area contributed by atoms with E-state index in [1.807, 2.05) is 28.8 Å². The summed E-state index contributed by atoms with van der Waals surface area (Å²) in [5.74, 6) is 3.68. The van der Waals surface area contributed by atoms with E-state index in [0.29, 0.717) is 35.0 Å². The molecule has 0 aliphatic rings. The van der Waals surface area contributed by atoms with Gasteiger partial charge in [-0.2, -0.15) is 4.99 Å². The average molecular weight is 409 g/mol. The van der Waals surface area contributed by atoms with Crippen LogP contribution in [0.4, 0.5) is 0 Å². The summed E-state index contributed by atoms with van der Waals surface area (Å²) in [5, 5.41) is 0. The lowest BCUT2D eigenvalue weighted by molar-refractivity contribution is 0.0997. The maximum absolute atomic E-state index is 12.8. The zero-order valence-corrected chi connectivity index (χ0v) is 17.5. The Morgan fingerprint density at radius 3 is 2.83 bits per heavy atom. The predicted molar refractivity (Wildman–Crippen MR) is 117 cm³/mol. The second-order valence-corrected chi connectivity index (χ2v) is 7.49. The van der Waals surface area contributed by atoms with Crippen molar-refractivity contribution < 1.29 is 14.3 Å². The molecule has 29 heavy (non-hydrogen) atoms. The number of benzene rings is 2. The molecule has 0 saturated carbocycles. The number of hydrogen-bond acceptors (Lipinski definition) is 4. The van der Waals surface area contributed by atoms with Gasteiger partial charge in [-0.1, -0.05) is 49.2 Å². The normalized spacial score (nSPS) is 11.4. The number of nitrogens with zero attached hydrogens (tertiary/aromatic N) is 2. The number of fused-ring (bicyclic) bond motifs is 1. The zero-order valence-electron chi connectivity index (χ0n) is 16.7. The van der Waals surface area contributed by atoms with Gasteiger partial charge in [-0.25, -0.2) is 0 Å².